The van der Waals surface area contributed by atoms with Crippen LogP contribution in [-0.2, 0) is 11.3 Å². The van der Waals surface area contributed by atoms with Crippen molar-refractivity contribution >= 4 is 5.95 Å². The molecule has 1 fully saturated rings. The maximum absolute atomic E-state index is 11.5. The fourth-order valence-electron chi connectivity index (χ4n) is 1.88. The number of nitrogens with zero attached hydrogens (tertiary/aromatic N) is 3. The number of ether oxygens (including phenoxy) is 1. The van der Waals surface area contributed by atoms with Crippen LogP contribution in [0.25, 0.3) is 0 Å². The maximum Gasteiger partial charge on any atom is 0.252 e. The van der Waals surface area contributed by atoms with E-state index in [0.717, 1.165) is 26.2 Å². The number of piperazine rings is 1. The maximum atomic E-state index is 11.5. The van der Waals surface area contributed by atoms with E-state index in [1.165, 1.54) is 6.07 Å². The Hall–Kier alpha value is -1.40. The first-order valence-corrected chi connectivity index (χ1v) is 5.71. The Morgan fingerprint density at radius 3 is 2.76 bits per heavy atom. The van der Waals surface area contributed by atoms with Gasteiger partial charge in [0.15, 0.2) is 0 Å². The van der Waals surface area contributed by atoms with E-state index in [1.54, 1.807) is 7.11 Å². The number of rotatable bonds is 3. The van der Waals surface area contributed by atoms with Crippen molar-refractivity contribution in [1.29, 1.82) is 0 Å². The average Bonchev–Trinajstić information content (AvgIpc) is 2.29. The zero-order chi connectivity index (χ0) is 12.3. The smallest absolute Gasteiger partial charge is 0.252 e. The van der Waals surface area contributed by atoms with Gasteiger partial charge >= 0.3 is 0 Å². The molecule has 0 aliphatic carbocycles. The molecule has 1 N–H and O–H groups in total. The minimum Gasteiger partial charge on any atom is -0.378 e. The Bertz CT molecular complexity index is 424. The Morgan fingerprint density at radius 1 is 1.41 bits per heavy atom. The van der Waals surface area contributed by atoms with Crippen LogP contribution in [0, 0.1) is 0 Å². The third kappa shape index (κ3) is 3.04. The predicted octanol–water partition coefficient (Wildman–Crippen LogP) is -0.332. The van der Waals surface area contributed by atoms with Gasteiger partial charge in [-0.3, -0.25) is 9.78 Å². The molecule has 1 aromatic heterocycles. The second kappa shape index (κ2) is 5.29. The van der Waals surface area contributed by atoms with Crippen molar-refractivity contribution in [3.05, 3.63) is 22.1 Å². The summed E-state index contributed by atoms with van der Waals surface area (Å²) in [5.41, 5.74) is 0.547. The Labute approximate surface area is 100 Å². The molecule has 0 spiro atoms. The molecule has 0 aromatic carbocycles. The van der Waals surface area contributed by atoms with Gasteiger partial charge in [-0.2, -0.15) is 0 Å². The van der Waals surface area contributed by atoms with E-state index < -0.39 is 0 Å². The number of likely N-dealkylation sites (N-methyl/N-ethyl adjacent to an activating group) is 1. The highest BCUT2D eigenvalue weighted by molar-refractivity contribution is 5.31. The molecule has 0 amide bonds. The zero-order valence-corrected chi connectivity index (χ0v) is 10.3. The van der Waals surface area contributed by atoms with Crippen molar-refractivity contribution in [3.63, 3.8) is 0 Å². The molecule has 0 radical (unpaired) electrons. The Morgan fingerprint density at radius 2 is 2.12 bits per heavy atom. The first-order chi connectivity index (χ1) is 8.19. The highest BCUT2D eigenvalue weighted by atomic mass is 16.5. The molecular formula is C11H18N4O2. The summed E-state index contributed by atoms with van der Waals surface area (Å²) in [6.07, 6.45) is 0. The summed E-state index contributed by atoms with van der Waals surface area (Å²) < 4.78 is 5.00. The van der Waals surface area contributed by atoms with E-state index in [4.69, 9.17) is 4.74 Å². The van der Waals surface area contributed by atoms with E-state index in [9.17, 15) is 4.79 Å². The third-order valence-electron chi connectivity index (χ3n) is 2.88. The molecule has 0 atom stereocenters. The van der Waals surface area contributed by atoms with Crippen molar-refractivity contribution in [2.24, 2.45) is 0 Å². The Balaban J connectivity index is 2.17. The van der Waals surface area contributed by atoms with Crippen LogP contribution in [-0.4, -0.2) is 55.2 Å². The minimum atomic E-state index is -0.124. The van der Waals surface area contributed by atoms with E-state index >= 15 is 0 Å². The fourth-order valence-corrected chi connectivity index (χ4v) is 1.88. The molecule has 1 aliphatic heterocycles. The van der Waals surface area contributed by atoms with Gasteiger partial charge in [0.25, 0.3) is 5.56 Å². The molecule has 1 aliphatic rings. The lowest BCUT2D eigenvalue weighted by Crippen LogP contribution is -2.45. The molecule has 17 heavy (non-hydrogen) atoms. The molecule has 6 nitrogen and oxygen atoms in total. The van der Waals surface area contributed by atoms with Gasteiger partial charge in [0.2, 0.25) is 5.95 Å². The normalized spacial score (nSPS) is 17.4. The molecular weight excluding hydrogens is 220 g/mol. The predicted molar refractivity (Wildman–Crippen MR) is 65.3 cm³/mol. The van der Waals surface area contributed by atoms with Crippen LogP contribution in [0.4, 0.5) is 5.95 Å². The standard InChI is InChI=1S/C11H18N4O2/c1-14-3-5-15(6-4-14)11-12-9(8-17-2)7-10(16)13-11/h7H,3-6,8H2,1-2H3,(H,12,13,16). The van der Waals surface area contributed by atoms with E-state index in [0.29, 0.717) is 18.2 Å². The molecule has 6 heteroatoms. The second-order valence-electron chi connectivity index (χ2n) is 4.28. The summed E-state index contributed by atoms with van der Waals surface area (Å²) in [7, 11) is 3.69. The van der Waals surface area contributed by atoms with Crippen LogP contribution >= 0.6 is 0 Å². The number of aromatic amines is 1. The van der Waals surface area contributed by atoms with Crippen molar-refractivity contribution in [3.8, 4) is 0 Å². The lowest BCUT2D eigenvalue weighted by Gasteiger charge is -2.32. The molecule has 0 unspecified atom stereocenters. The number of methoxy groups -OCH3 is 1. The van der Waals surface area contributed by atoms with Crippen LogP contribution in [0.5, 0.6) is 0 Å². The van der Waals surface area contributed by atoms with Crippen molar-refractivity contribution in [2.75, 3.05) is 45.2 Å². The second-order valence-corrected chi connectivity index (χ2v) is 4.28. The van der Waals surface area contributed by atoms with Crippen molar-refractivity contribution in [2.45, 2.75) is 6.61 Å². The summed E-state index contributed by atoms with van der Waals surface area (Å²) in [4.78, 5) is 23.0. The highest BCUT2D eigenvalue weighted by Crippen LogP contribution is 2.09. The van der Waals surface area contributed by atoms with Gasteiger partial charge in [-0.25, -0.2) is 4.98 Å². The van der Waals surface area contributed by atoms with E-state index in [2.05, 4.69) is 26.8 Å². The summed E-state index contributed by atoms with van der Waals surface area (Å²) >= 11 is 0. The summed E-state index contributed by atoms with van der Waals surface area (Å²) in [6, 6.07) is 1.48. The molecule has 0 saturated carbocycles. The van der Waals surface area contributed by atoms with Gasteiger partial charge in [0.05, 0.1) is 12.3 Å². The quantitative estimate of drug-likeness (QED) is 0.781. The number of anilines is 1. The molecule has 94 valence electrons. The van der Waals surface area contributed by atoms with Gasteiger partial charge < -0.3 is 14.5 Å². The lowest BCUT2D eigenvalue weighted by atomic mass is 10.3. The van der Waals surface area contributed by atoms with Gasteiger partial charge in [-0.15, -0.1) is 0 Å². The fraction of sp³-hybridized carbons (Fsp3) is 0.636. The van der Waals surface area contributed by atoms with E-state index in [-0.39, 0.29) is 5.56 Å². The number of hydrogen-bond acceptors (Lipinski definition) is 5. The molecule has 2 rings (SSSR count). The number of aromatic nitrogens is 2. The molecule has 2 heterocycles. The summed E-state index contributed by atoms with van der Waals surface area (Å²) in [5, 5.41) is 0. The van der Waals surface area contributed by atoms with Crippen LogP contribution in [0.15, 0.2) is 10.9 Å². The number of H-pyrrole nitrogens is 1. The van der Waals surface area contributed by atoms with Gasteiger partial charge in [-0.1, -0.05) is 0 Å². The first-order valence-electron chi connectivity index (χ1n) is 5.71. The van der Waals surface area contributed by atoms with Crippen molar-refractivity contribution < 1.29 is 4.74 Å². The molecule has 1 aromatic rings. The van der Waals surface area contributed by atoms with Crippen LogP contribution in [0.2, 0.25) is 0 Å². The monoisotopic (exact) mass is 238 g/mol. The minimum absolute atomic E-state index is 0.124. The van der Waals surface area contributed by atoms with Gasteiger partial charge in [-0.05, 0) is 7.05 Å². The molecule has 1 saturated heterocycles. The number of hydrogen-bond donors (Lipinski definition) is 1. The van der Waals surface area contributed by atoms with Crippen LogP contribution in [0.3, 0.4) is 0 Å². The zero-order valence-electron chi connectivity index (χ0n) is 10.3. The summed E-state index contributed by atoms with van der Waals surface area (Å²) in [6.45, 7) is 4.10. The topological polar surface area (TPSA) is 61.5 Å². The first kappa shape index (κ1) is 12.1. The van der Waals surface area contributed by atoms with Gasteiger partial charge in [0.1, 0.15) is 0 Å². The largest absolute Gasteiger partial charge is 0.378 e. The van der Waals surface area contributed by atoms with Crippen LogP contribution in [0.1, 0.15) is 5.69 Å². The molecule has 0 bridgehead atoms. The third-order valence-corrected chi connectivity index (χ3v) is 2.88. The lowest BCUT2D eigenvalue weighted by molar-refractivity contribution is 0.181. The number of nitrogens with one attached hydrogen (secondary N) is 1. The summed E-state index contributed by atoms with van der Waals surface area (Å²) in [5.74, 6) is 0.651. The van der Waals surface area contributed by atoms with Crippen molar-refractivity contribution in [1.82, 2.24) is 14.9 Å². The highest BCUT2D eigenvalue weighted by Gasteiger charge is 2.16. The SMILES string of the molecule is COCc1cc(=O)[nH]c(N2CCN(C)CC2)n1. The average molecular weight is 238 g/mol. The van der Waals surface area contributed by atoms with Crippen LogP contribution < -0.4 is 10.5 Å². The Kier molecular flexibility index (Phi) is 3.75. The van der Waals surface area contributed by atoms with Gasteiger partial charge in [0, 0.05) is 39.4 Å². The van der Waals surface area contributed by atoms with E-state index in [1.807, 2.05) is 0 Å².